The number of rotatable bonds is 6. The number of nitrogens with one attached hydrogen (secondary N) is 2. The number of anilines is 1. The average Bonchev–Trinajstić information content (AvgIpc) is 2.77. The molecule has 1 aromatic rings. The maximum absolute atomic E-state index is 13.1. The fourth-order valence-electron chi connectivity index (χ4n) is 4.22. The molecule has 1 aromatic carbocycles. The third kappa shape index (κ3) is 6.85. The van der Waals surface area contributed by atoms with Gasteiger partial charge in [0.05, 0.1) is 11.3 Å². The van der Waals surface area contributed by atoms with E-state index in [0.717, 1.165) is 32.1 Å². The molecule has 31 heavy (non-hydrogen) atoms. The van der Waals surface area contributed by atoms with Gasteiger partial charge in [0, 0.05) is 25.6 Å². The average molecular weight is 441 g/mol. The Hall–Kier alpha value is -2.29. The highest BCUT2D eigenvalue weighted by Crippen LogP contribution is 2.34. The van der Waals surface area contributed by atoms with Crippen molar-refractivity contribution >= 4 is 17.6 Å². The number of para-hydroxylation sites is 1. The monoisotopic (exact) mass is 440 g/mol. The van der Waals surface area contributed by atoms with Gasteiger partial charge in [-0.25, -0.2) is 4.79 Å². The Morgan fingerprint density at radius 1 is 1.00 bits per heavy atom. The summed E-state index contributed by atoms with van der Waals surface area (Å²) >= 11 is 0. The summed E-state index contributed by atoms with van der Waals surface area (Å²) in [6.07, 6.45) is 1.20. The minimum absolute atomic E-state index is 0.00104. The summed E-state index contributed by atoms with van der Waals surface area (Å²) in [5, 5.41) is 5.36. The van der Waals surface area contributed by atoms with Gasteiger partial charge >= 0.3 is 12.2 Å². The third-order valence-corrected chi connectivity index (χ3v) is 6.03. The van der Waals surface area contributed by atoms with E-state index in [1.165, 1.54) is 42.4 Å². The highest BCUT2D eigenvalue weighted by molar-refractivity contribution is 5.90. The number of nitrogens with zero attached hydrogens (tertiary/aromatic N) is 2. The summed E-state index contributed by atoms with van der Waals surface area (Å²) in [7, 11) is 0. The van der Waals surface area contributed by atoms with E-state index in [2.05, 4.69) is 15.5 Å². The van der Waals surface area contributed by atoms with Gasteiger partial charge in [0.2, 0.25) is 5.91 Å². The van der Waals surface area contributed by atoms with Crippen LogP contribution in [0.2, 0.25) is 0 Å². The van der Waals surface area contributed by atoms with Crippen LogP contribution in [0.5, 0.6) is 0 Å². The Labute approximate surface area is 181 Å². The molecule has 0 saturated carbocycles. The van der Waals surface area contributed by atoms with Crippen molar-refractivity contribution in [3.05, 3.63) is 29.8 Å². The molecule has 2 aliphatic rings. The zero-order valence-corrected chi connectivity index (χ0v) is 17.7. The smallest absolute Gasteiger partial charge is 0.356 e. The highest BCUT2D eigenvalue weighted by Gasteiger charge is 2.34. The second kappa shape index (κ2) is 10.8. The van der Waals surface area contributed by atoms with Crippen LogP contribution in [0.4, 0.5) is 23.7 Å². The molecule has 3 rings (SSSR count). The zero-order valence-electron chi connectivity index (χ0n) is 17.7. The van der Waals surface area contributed by atoms with Crippen LogP contribution in [0.3, 0.4) is 0 Å². The van der Waals surface area contributed by atoms with Crippen molar-refractivity contribution in [3.8, 4) is 0 Å². The number of hydrogen-bond acceptors (Lipinski definition) is 3. The molecule has 0 aromatic heterocycles. The lowest BCUT2D eigenvalue weighted by molar-refractivity contribution is -0.137. The van der Waals surface area contributed by atoms with Crippen molar-refractivity contribution in [1.29, 1.82) is 0 Å². The van der Waals surface area contributed by atoms with E-state index in [-0.39, 0.29) is 17.5 Å². The lowest BCUT2D eigenvalue weighted by Gasteiger charge is -2.31. The first-order valence-electron chi connectivity index (χ1n) is 11.1. The fourth-order valence-corrected chi connectivity index (χ4v) is 4.22. The van der Waals surface area contributed by atoms with Crippen LogP contribution in [0.15, 0.2) is 24.3 Å². The predicted molar refractivity (Wildman–Crippen MR) is 113 cm³/mol. The lowest BCUT2D eigenvalue weighted by atomic mass is 9.96. The molecule has 2 aliphatic heterocycles. The van der Waals surface area contributed by atoms with Crippen LogP contribution < -0.4 is 10.6 Å². The molecule has 2 fully saturated rings. The van der Waals surface area contributed by atoms with Crippen LogP contribution in [0.25, 0.3) is 0 Å². The van der Waals surface area contributed by atoms with Crippen LogP contribution in [-0.2, 0) is 11.0 Å². The molecule has 2 heterocycles. The van der Waals surface area contributed by atoms with Gasteiger partial charge in [0.15, 0.2) is 0 Å². The van der Waals surface area contributed by atoms with Gasteiger partial charge in [-0.05, 0) is 63.9 Å². The summed E-state index contributed by atoms with van der Waals surface area (Å²) in [6.45, 7) is 4.60. The molecule has 2 saturated heterocycles. The van der Waals surface area contributed by atoms with E-state index in [1.54, 1.807) is 0 Å². The number of piperidine rings is 2. The molecule has 0 unspecified atom stereocenters. The summed E-state index contributed by atoms with van der Waals surface area (Å²) in [6, 6.07) is 4.35. The molecule has 172 valence electrons. The topological polar surface area (TPSA) is 64.7 Å². The van der Waals surface area contributed by atoms with E-state index >= 15 is 0 Å². The Kier molecular flexibility index (Phi) is 8.17. The van der Waals surface area contributed by atoms with Crippen molar-refractivity contribution in [1.82, 2.24) is 15.1 Å². The molecule has 0 atom stereocenters. The number of hydrogen-bond donors (Lipinski definition) is 2. The largest absolute Gasteiger partial charge is 0.418 e. The number of halogens is 3. The lowest BCUT2D eigenvalue weighted by Crippen LogP contribution is -2.45. The molecular weight excluding hydrogens is 409 g/mol. The van der Waals surface area contributed by atoms with Crippen molar-refractivity contribution in [3.63, 3.8) is 0 Å². The van der Waals surface area contributed by atoms with Crippen LogP contribution >= 0.6 is 0 Å². The third-order valence-electron chi connectivity index (χ3n) is 6.03. The highest BCUT2D eigenvalue weighted by atomic mass is 19.4. The van der Waals surface area contributed by atoms with Gasteiger partial charge < -0.3 is 20.4 Å². The Balaban J connectivity index is 1.39. The first kappa shape index (κ1) is 23.4. The molecule has 2 N–H and O–H groups in total. The molecule has 0 radical (unpaired) electrons. The summed E-state index contributed by atoms with van der Waals surface area (Å²) in [5.41, 5.74) is -1.13. The minimum Gasteiger partial charge on any atom is -0.356 e. The van der Waals surface area contributed by atoms with E-state index in [0.29, 0.717) is 32.5 Å². The molecule has 3 amide bonds. The predicted octanol–water partition coefficient (Wildman–Crippen LogP) is 3.94. The maximum Gasteiger partial charge on any atom is 0.418 e. The molecule has 9 heteroatoms. The summed E-state index contributed by atoms with van der Waals surface area (Å²) in [4.78, 5) is 28.7. The minimum atomic E-state index is -4.54. The quantitative estimate of drug-likeness (QED) is 0.659. The Morgan fingerprint density at radius 2 is 1.68 bits per heavy atom. The summed E-state index contributed by atoms with van der Waals surface area (Å²) < 4.78 is 39.3. The van der Waals surface area contributed by atoms with Crippen molar-refractivity contribution in [2.45, 2.75) is 44.7 Å². The fraction of sp³-hybridized carbons (Fsp3) is 0.636. The number of likely N-dealkylation sites (tertiary alicyclic amines) is 2. The van der Waals surface area contributed by atoms with E-state index < -0.39 is 17.8 Å². The molecule has 0 bridgehead atoms. The molecule has 0 aliphatic carbocycles. The van der Waals surface area contributed by atoms with Crippen molar-refractivity contribution in [2.75, 3.05) is 44.6 Å². The number of urea groups is 1. The molecule has 0 spiro atoms. The van der Waals surface area contributed by atoms with Crippen LogP contribution in [-0.4, -0.2) is 61.0 Å². The van der Waals surface area contributed by atoms with E-state index in [9.17, 15) is 22.8 Å². The van der Waals surface area contributed by atoms with Gasteiger partial charge in [0.1, 0.15) is 0 Å². The first-order valence-corrected chi connectivity index (χ1v) is 11.1. The number of carbonyl (C=O) groups excluding carboxylic acids is 2. The number of benzene rings is 1. The normalized spacial score (nSPS) is 18.6. The SMILES string of the molecule is O=C(NCCCN1CCCCC1)C1CCN(C(=O)Nc2ccccc2C(F)(F)F)CC1. The zero-order chi connectivity index (χ0) is 22.3. The van der Waals surface area contributed by atoms with E-state index in [4.69, 9.17) is 0 Å². The van der Waals surface area contributed by atoms with Gasteiger partial charge in [-0.15, -0.1) is 0 Å². The number of carbonyl (C=O) groups is 2. The Bertz CT molecular complexity index is 743. The van der Waals surface area contributed by atoms with Gasteiger partial charge in [-0.2, -0.15) is 13.2 Å². The molecule has 6 nitrogen and oxygen atoms in total. The summed E-state index contributed by atoms with van der Waals surface area (Å²) in [5.74, 6) is -0.164. The number of amides is 3. The first-order chi connectivity index (χ1) is 14.8. The second-order valence-corrected chi connectivity index (χ2v) is 8.28. The van der Waals surface area contributed by atoms with Crippen molar-refractivity contribution in [2.24, 2.45) is 5.92 Å². The standard InChI is InChI=1S/C22H31F3N4O2/c23-22(24,25)18-7-2-3-8-19(18)27-21(31)29-15-9-17(10-16-29)20(30)26-11-6-14-28-12-4-1-5-13-28/h2-3,7-8,17H,1,4-6,9-16H2,(H,26,30)(H,27,31). The maximum atomic E-state index is 13.1. The van der Waals surface area contributed by atoms with Gasteiger partial charge in [-0.3, -0.25) is 4.79 Å². The van der Waals surface area contributed by atoms with Crippen LogP contribution in [0.1, 0.15) is 44.1 Å². The van der Waals surface area contributed by atoms with Gasteiger partial charge in [0.25, 0.3) is 0 Å². The number of alkyl halides is 3. The van der Waals surface area contributed by atoms with E-state index in [1.807, 2.05) is 0 Å². The Morgan fingerprint density at radius 3 is 2.35 bits per heavy atom. The van der Waals surface area contributed by atoms with Crippen molar-refractivity contribution < 1.29 is 22.8 Å². The molecular formula is C22H31F3N4O2. The van der Waals surface area contributed by atoms with Gasteiger partial charge in [-0.1, -0.05) is 18.6 Å². The van der Waals surface area contributed by atoms with Crippen LogP contribution in [0, 0.1) is 5.92 Å². The second-order valence-electron chi connectivity index (χ2n) is 8.28.